The molecule has 0 amide bonds. The van der Waals surface area contributed by atoms with Gasteiger partial charge in [0.15, 0.2) is 0 Å². The number of thioether (sulfide) groups is 1. The summed E-state index contributed by atoms with van der Waals surface area (Å²) in [6, 6.07) is 9.46. The van der Waals surface area contributed by atoms with E-state index in [0.29, 0.717) is 11.1 Å². The lowest BCUT2D eigenvalue weighted by Crippen LogP contribution is -2.09. The van der Waals surface area contributed by atoms with E-state index in [1.54, 1.807) is 6.08 Å². The molecule has 2 aromatic rings. The molecule has 1 aromatic carbocycles. The van der Waals surface area contributed by atoms with Gasteiger partial charge in [0.2, 0.25) is 5.89 Å². The summed E-state index contributed by atoms with van der Waals surface area (Å²) in [4.78, 5) is 11.3. The van der Waals surface area contributed by atoms with Crippen LogP contribution in [0.2, 0.25) is 0 Å². The third kappa shape index (κ3) is 2.14. The summed E-state index contributed by atoms with van der Waals surface area (Å²) in [6.45, 7) is 0. The minimum absolute atomic E-state index is 0.320. The molecular formula is C12H8N2O3S. The van der Waals surface area contributed by atoms with Gasteiger partial charge >= 0.3 is 5.97 Å². The van der Waals surface area contributed by atoms with Gasteiger partial charge in [-0.25, -0.2) is 0 Å². The fourth-order valence-corrected chi connectivity index (χ4v) is 2.20. The van der Waals surface area contributed by atoms with Crippen molar-refractivity contribution < 1.29 is 13.9 Å². The number of hydrogen-bond acceptors (Lipinski definition) is 6. The van der Waals surface area contributed by atoms with E-state index in [4.69, 9.17) is 9.15 Å². The Kier molecular flexibility index (Phi) is 2.85. The quantitative estimate of drug-likeness (QED) is 0.789. The van der Waals surface area contributed by atoms with Crippen LogP contribution in [0, 0.1) is 0 Å². The topological polar surface area (TPSA) is 65.2 Å². The number of carbonyl (C=O) groups is 1. The van der Waals surface area contributed by atoms with E-state index >= 15 is 0 Å². The first-order valence-corrected chi connectivity index (χ1v) is 6.13. The minimum Gasteiger partial charge on any atom is -0.434 e. The summed E-state index contributed by atoms with van der Waals surface area (Å²) in [5.41, 5.74) is 0.849. The highest BCUT2D eigenvalue weighted by Gasteiger charge is 2.25. The van der Waals surface area contributed by atoms with Crippen LogP contribution in [0.1, 0.15) is 0 Å². The number of esters is 1. The number of nitrogens with zero attached hydrogens (tertiary/aromatic N) is 2. The standard InChI is InChI=1S/C12H8N2O3S/c15-11-9(6-7-16-11)18-12-14-13-10(17-12)8-4-2-1-3-5-8/h1-7,9H. The third-order valence-electron chi connectivity index (χ3n) is 2.32. The number of rotatable bonds is 3. The van der Waals surface area contributed by atoms with Crippen LogP contribution < -0.4 is 0 Å². The molecule has 1 atom stereocenters. The number of carbonyl (C=O) groups excluding carboxylic acids is 1. The zero-order valence-electron chi connectivity index (χ0n) is 9.15. The Morgan fingerprint density at radius 1 is 1.17 bits per heavy atom. The number of hydrogen-bond donors (Lipinski definition) is 0. The smallest absolute Gasteiger partial charge is 0.328 e. The van der Waals surface area contributed by atoms with Gasteiger partial charge in [0, 0.05) is 5.56 Å². The van der Waals surface area contributed by atoms with Crippen molar-refractivity contribution in [2.24, 2.45) is 0 Å². The SMILES string of the molecule is O=C1OC=CC1Sc1nnc(-c2ccccc2)o1. The lowest BCUT2D eigenvalue weighted by molar-refractivity contribution is -0.134. The van der Waals surface area contributed by atoms with Crippen LogP contribution in [0.4, 0.5) is 0 Å². The van der Waals surface area contributed by atoms with Crippen LogP contribution in [0.25, 0.3) is 11.5 Å². The summed E-state index contributed by atoms with van der Waals surface area (Å²) in [5.74, 6) is 0.118. The molecule has 1 unspecified atom stereocenters. The zero-order chi connectivity index (χ0) is 12.4. The Morgan fingerprint density at radius 3 is 2.72 bits per heavy atom. The van der Waals surface area contributed by atoms with Gasteiger partial charge in [-0.2, -0.15) is 0 Å². The predicted molar refractivity (Wildman–Crippen MR) is 64.6 cm³/mol. The average Bonchev–Trinajstić information content (AvgIpc) is 3.02. The molecule has 0 saturated carbocycles. The monoisotopic (exact) mass is 260 g/mol. The van der Waals surface area contributed by atoms with E-state index in [9.17, 15) is 4.79 Å². The second kappa shape index (κ2) is 4.66. The normalized spacial score (nSPS) is 18.0. The van der Waals surface area contributed by atoms with Crippen molar-refractivity contribution in [1.82, 2.24) is 10.2 Å². The van der Waals surface area contributed by atoms with Gasteiger partial charge in [-0.3, -0.25) is 4.79 Å². The first-order valence-electron chi connectivity index (χ1n) is 5.26. The van der Waals surface area contributed by atoms with E-state index in [0.717, 1.165) is 5.56 Å². The molecule has 0 radical (unpaired) electrons. The molecule has 1 aliphatic heterocycles. The lowest BCUT2D eigenvalue weighted by atomic mass is 10.2. The first kappa shape index (κ1) is 11.0. The molecule has 0 spiro atoms. The molecular weight excluding hydrogens is 252 g/mol. The molecule has 2 heterocycles. The largest absolute Gasteiger partial charge is 0.434 e. The minimum atomic E-state index is -0.408. The van der Waals surface area contributed by atoms with Gasteiger partial charge in [-0.15, -0.1) is 10.2 Å². The van der Waals surface area contributed by atoms with Crippen molar-refractivity contribution in [1.29, 1.82) is 0 Å². The van der Waals surface area contributed by atoms with E-state index in [1.807, 2.05) is 30.3 Å². The Balaban J connectivity index is 1.78. The highest BCUT2D eigenvalue weighted by molar-refractivity contribution is 8.00. The van der Waals surface area contributed by atoms with Crippen molar-refractivity contribution in [3.05, 3.63) is 42.7 Å². The maximum absolute atomic E-state index is 11.3. The van der Waals surface area contributed by atoms with Gasteiger partial charge < -0.3 is 9.15 Å². The maximum atomic E-state index is 11.3. The van der Waals surface area contributed by atoms with Gasteiger partial charge in [0.05, 0.1) is 6.26 Å². The predicted octanol–water partition coefficient (Wildman–Crippen LogP) is 2.27. The summed E-state index contributed by atoms with van der Waals surface area (Å²) in [5, 5.41) is 7.78. The van der Waals surface area contributed by atoms with E-state index < -0.39 is 5.25 Å². The summed E-state index contributed by atoms with van der Waals surface area (Å²) < 4.78 is 10.2. The fourth-order valence-electron chi connectivity index (χ4n) is 1.47. The Hall–Kier alpha value is -2.08. The van der Waals surface area contributed by atoms with E-state index in [-0.39, 0.29) is 5.97 Å². The Morgan fingerprint density at radius 2 is 2.00 bits per heavy atom. The summed E-state index contributed by atoms with van der Waals surface area (Å²) in [6.07, 6.45) is 3.02. The molecule has 6 heteroatoms. The fraction of sp³-hybridized carbons (Fsp3) is 0.0833. The molecule has 0 aliphatic carbocycles. The third-order valence-corrected chi connectivity index (χ3v) is 3.29. The van der Waals surface area contributed by atoms with Crippen LogP contribution in [-0.2, 0) is 9.53 Å². The van der Waals surface area contributed by atoms with Crippen molar-refractivity contribution in [2.45, 2.75) is 10.5 Å². The van der Waals surface area contributed by atoms with E-state index in [1.165, 1.54) is 18.0 Å². The zero-order valence-corrected chi connectivity index (χ0v) is 9.96. The molecule has 18 heavy (non-hydrogen) atoms. The Bertz CT molecular complexity index is 594. The molecule has 5 nitrogen and oxygen atoms in total. The molecule has 0 bridgehead atoms. The lowest BCUT2D eigenvalue weighted by Gasteiger charge is -1.98. The highest BCUT2D eigenvalue weighted by atomic mass is 32.2. The molecule has 3 rings (SSSR count). The highest BCUT2D eigenvalue weighted by Crippen LogP contribution is 2.28. The molecule has 1 aromatic heterocycles. The van der Waals surface area contributed by atoms with Crippen LogP contribution in [0.5, 0.6) is 0 Å². The number of aromatic nitrogens is 2. The second-order valence-corrected chi connectivity index (χ2v) is 4.64. The molecule has 0 saturated heterocycles. The maximum Gasteiger partial charge on any atom is 0.328 e. The van der Waals surface area contributed by atoms with Crippen molar-refractivity contribution in [2.75, 3.05) is 0 Å². The van der Waals surface area contributed by atoms with Gasteiger partial charge in [0.25, 0.3) is 5.22 Å². The Labute approximate surface area is 107 Å². The van der Waals surface area contributed by atoms with Crippen LogP contribution in [0.3, 0.4) is 0 Å². The van der Waals surface area contributed by atoms with Crippen LogP contribution in [-0.4, -0.2) is 21.4 Å². The van der Waals surface area contributed by atoms with Crippen LogP contribution >= 0.6 is 11.8 Å². The van der Waals surface area contributed by atoms with E-state index in [2.05, 4.69) is 10.2 Å². The second-order valence-electron chi connectivity index (χ2n) is 3.54. The summed E-state index contributed by atoms with van der Waals surface area (Å²) >= 11 is 1.17. The summed E-state index contributed by atoms with van der Waals surface area (Å²) in [7, 11) is 0. The van der Waals surface area contributed by atoms with Gasteiger partial charge in [0.1, 0.15) is 5.25 Å². The van der Waals surface area contributed by atoms with Gasteiger partial charge in [-0.05, 0) is 30.0 Å². The first-order chi connectivity index (χ1) is 8.83. The molecule has 1 aliphatic rings. The molecule has 0 fully saturated rings. The molecule has 0 N–H and O–H groups in total. The number of ether oxygens (including phenoxy) is 1. The molecule has 90 valence electrons. The number of benzene rings is 1. The van der Waals surface area contributed by atoms with Crippen molar-refractivity contribution >= 4 is 17.7 Å². The van der Waals surface area contributed by atoms with Crippen LogP contribution in [0.15, 0.2) is 52.3 Å². The number of cyclic esters (lactones) is 1. The average molecular weight is 260 g/mol. The van der Waals surface area contributed by atoms with Gasteiger partial charge in [-0.1, -0.05) is 18.2 Å². The van der Waals surface area contributed by atoms with Crippen molar-refractivity contribution in [3.8, 4) is 11.5 Å². The van der Waals surface area contributed by atoms with Crippen molar-refractivity contribution in [3.63, 3.8) is 0 Å².